The van der Waals surface area contributed by atoms with Crippen LogP contribution in [-0.4, -0.2) is 17.4 Å². The molecule has 0 fully saturated rings. The zero-order valence-corrected chi connectivity index (χ0v) is 10.5. The van der Waals surface area contributed by atoms with Crippen molar-refractivity contribution in [2.75, 3.05) is 6.54 Å². The monoisotopic (exact) mass is 246 g/mol. The predicted octanol–water partition coefficient (Wildman–Crippen LogP) is 2.84. The quantitative estimate of drug-likeness (QED) is 0.843. The summed E-state index contributed by atoms with van der Waals surface area (Å²) in [7, 11) is 0. The molecule has 1 aromatic heterocycles. The SMILES string of the molecule is CC(=O)NCCC=Cc1ccc2scnc2c1. The lowest BCUT2D eigenvalue weighted by atomic mass is 10.2. The van der Waals surface area contributed by atoms with Gasteiger partial charge in [-0.05, 0) is 24.1 Å². The molecule has 0 bridgehead atoms. The molecule has 0 atom stereocenters. The largest absolute Gasteiger partial charge is 0.356 e. The van der Waals surface area contributed by atoms with Gasteiger partial charge in [-0.2, -0.15) is 0 Å². The van der Waals surface area contributed by atoms with E-state index >= 15 is 0 Å². The fourth-order valence-electron chi connectivity index (χ4n) is 1.53. The van der Waals surface area contributed by atoms with Crippen LogP contribution in [0.2, 0.25) is 0 Å². The Bertz CT molecular complexity index is 545. The molecule has 17 heavy (non-hydrogen) atoms. The summed E-state index contributed by atoms with van der Waals surface area (Å²) in [6, 6.07) is 6.23. The Balaban J connectivity index is 1.93. The summed E-state index contributed by atoms with van der Waals surface area (Å²) in [5.41, 5.74) is 4.04. The average molecular weight is 246 g/mol. The van der Waals surface area contributed by atoms with Gasteiger partial charge in [0.2, 0.25) is 5.91 Å². The molecule has 0 aliphatic carbocycles. The van der Waals surface area contributed by atoms with E-state index in [9.17, 15) is 4.79 Å². The Hall–Kier alpha value is -1.68. The van der Waals surface area contributed by atoms with Gasteiger partial charge < -0.3 is 5.32 Å². The summed E-state index contributed by atoms with van der Waals surface area (Å²) in [6.07, 6.45) is 4.96. The molecule has 0 spiro atoms. The van der Waals surface area contributed by atoms with E-state index in [0.717, 1.165) is 17.5 Å². The minimum Gasteiger partial charge on any atom is -0.356 e. The van der Waals surface area contributed by atoms with E-state index < -0.39 is 0 Å². The number of carbonyl (C=O) groups is 1. The smallest absolute Gasteiger partial charge is 0.216 e. The topological polar surface area (TPSA) is 42.0 Å². The molecule has 0 saturated carbocycles. The fourth-order valence-corrected chi connectivity index (χ4v) is 2.19. The van der Waals surface area contributed by atoms with Gasteiger partial charge >= 0.3 is 0 Å². The van der Waals surface area contributed by atoms with Crippen molar-refractivity contribution in [3.8, 4) is 0 Å². The fraction of sp³-hybridized carbons (Fsp3) is 0.231. The maximum Gasteiger partial charge on any atom is 0.216 e. The van der Waals surface area contributed by atoms with Gasteiger partial charge in [-0.25, -0.2) is 4.98 Å². The zero-order valence-electron chi connectivity index (χ0n) is 9.64. The Kier molecular flexibility index (Phi) is 3.88. The first kappa shape index (κ1) is 11.8. The average Bonchev–Trinajstić information content (AvgIpc) is 2.75. The van der Waals surface area contributed by atoms with E-state index in [1.165, 1.54) is 11.6 Å². The summed E-state index contributed by atoms with van der Waals surface area (Å²) >= 11 is 1.65. The molecule has 0 radical (unpaired) electrons. The zero-order chi connectivity index (χ0) is 12.1. The summed E-state index contributed by atoms with van der Waals surface area (Å²) in [6.45, 7) is 2.21. The third-order valence-corrected chi connectivity index (χ3v) is 3.16. The Morgan fingerprint density at radius 2 is 2.41 bits per heavy atom. The standard InChI is InChI=1S/C13H14N2OS/c1-10(16)14-7-3-2-4-11-5-6-13-12(8-11)15-9-17-13/h2,4-6,8-9H,3,7H2,1H3,(H,14,16). The molecule has 1 heterocycles. The minimum absolute atomic E-state index is 0.0160. The molecule has 1 aromatic carbocycles. The van der Waals surface area contributed by atoms with Gasteiger partial charge in [0.15, 0.2) is 0 Å². The van der Waals surface area contributed by atoms with Crippen LogP contribution in [0.3, 0.4) is 0 Å². The lowest BCUT2D eigenvalue weighted by molar-refractivity contribution is -0.118. The van der Waals surface area contributed by atoms with Gasteiger partial charge in [0, 0.05) is 13.5 Å². The second-order valence-electron chi connectivity index (χ2n) is 3.75. The highest BCUT2D eigenvalue weighted by molar-refractivity contribution is 7.16. The number of nitrogens with zero attached hydrogens (tertiary/aromatic N) is 1. The normalized spacial score (nSPS) is 11.1. The van der Waals surface area contributed by atoms with Crippen molar-refractivity contribution in [3.05, 3.63) is 35.3 Å². The summed E-state index contributed by atoms with van der Waals surface area (Å²) in [5, 5.41) is 2.76. The van der Waals surface area contributed by atoms with Crippen molar-refractivity contribution in [1.29, 1.82) is 0 Å². The van der Waals surface area contributed by atoms with Crippen LogP contribution in [0.1, 0.15) is 18.9 Å². The highest BCUT2D eigenvalue weighted by Gasteiger charge is 1.95. The van der Waals surface area contributed by atoms with Crippen molar-refractivity contribution in [2.45, 2.75) is 13.3 Å². The molecule has 1 amide bonds. The molecule has 4 heteroatoms. The van der Waals surface area contributed by atoms with Crippen LogP contribution in [0, 0.1) is 0 Å². The van der Waals surface area contributed by atoms with Gasteiger partial charge in [0.1, 0.15) is 0 Å². The molecule has 88 valence electrons. The van der Waals surface area contributed by atoms with E-state index in [1.807, 2.05) is 5.51 Å². The number of amides is 1. The molecular weight excluding hydrogens is 232 g/mol. The van der Waals surface area contributed by atoms with Crippen molar-refractivity contribution >= 4 is 33.5 Å². The molecule has 0 aliphatic heterocycles. The van der Waals surface area contributed by atoms with Crippen LogP contribution in [0.5, 0.6) is 0 Å². The Labute approximate surface area is 104 Å². The number of hydrogen-bond acceptors (Lipinski definition) is 3. The third kappa shape index (κ3) is 3.39. The molecule has 0 saturated heterocycles. The van der Waals surface area contributed by atoms with E-state index in [4.69, 9.17) is 0 Å². The number of hydrogen-bond donors (Lipinski definition) is 1. The van der Waals surface area contributed by atoms with E-state index in [0.29, 0.717) is 6.54 Å². The number of thiazole rings is 1. The van der Waals surface area contributed by atoms with Crippen molar-refractivity contribution in [3.63, 3.8) is 0 Å². The van der Waals surface area contributed by atoms with Crippen molar-refractivity contribution in [2.24, 2.45) is 0 Å². The first-order chi connectivity index (χ1) is 8.25. The van der Waals surface area contributed by atoms with E-state index in [1.54, 1.807) is 11.3 Å². The van der Waals surface area contributed by atoms with Crippen molar-refractivity contribution < 1.29 is 4.79 Å². The molecule has 0 unspecified atom stereocenters. The van der Waals surface area contributed by atoms with Crippen LogP contribution in [0.15, 0.2) is 29.8 Å². The lowest BCUT2D eigenvalue weighted by Crippen LogP contribution is -2.20. The van der Waals surface area contributed by atoms with Crippen LogP contribution < -0.4 is 5.32 Å². The second kappa shape index (κ2) is 5.59. The highest BCUT2D eigenvalue weighted by atomic mass is 32.1. The Morgan fingerprint density at radius 1 is 1.53 bits per heavy atom. The molecule has 0 aliphatic rings. The van der Waals surface area contributed by atoms with E-state index in [-0.39, 0.29) is 5.91 Å². The number of fused-ring (bicyclic) bond motifs is 1. The third-order valence-electron chi connectivity index (χ3n) is 2.35. The predicted molar refractivity (Wildman–Crippen MR) is 72.0 cm³/mol. The van der Waals surface area contributed by atoms with Crippen LogP contribution >= 0.6 is 11.3 Å². The van der Waals surface area contributed by atoms with Gasteiger partial charge in [0.25, 0.3) is 0 Å². The first-order valence-electron chi connectivity index (χ1n) is 5.50. The van der Waals surface area contributed by atoms with Crippen molar-refractivity contribution in [1.82, 2.24) is 10.3 Å². The number of carbonyl (C=O) groups excluding carboxylic acids is 1. The number of aromatic nitrogens is 1. The van der Waals surface area contributed by atoms with Gasteiger partial charge in [-0.1, -0.05) is 18.2 Å². The minimum atomic E-state index is 0.0160. The maximum absolute atomic E-state index is 10.7. The molecular formula is C13H14N2OS. The Morgan fingerprint density at radius 3 is 3.24 bits per heavy atom. The molecule has 2 rings (SSSR count). The molecule has 3 nitrogen and oxygen atoms in total. The summed E-state index contributed by atoms with van der Waals surface area (Å²) in [5.74, 6) is 0.0160. The van der Waals surface area contributed by atoms with Gasteiger partial charge in [-0.15, -0.1) is 11.3 Å². The summed E-state index contributed by atoms with van der Waals surface area (Å²) in [4.78, 5) is 14.9. The van der Waals surface area contributed by atoms with Crippen LogP contribution in [0.25, 0.3) is 16.3 Å². The maximum atomic E-state index is 10.7. The first-order valence-corrected chi connectivity index (χ1v) is 6.38. The molecule has 2 aromatic rings. The van der Waals surface area contributed by atoms with Crippen LogP contribution in [-0.2, 0) is 4.79 Å². The lowest BCUT2D eigenvalue weighted by Gasteiger charge is -1.97. The number of rotatable bonds is 4. The second-order valence-corrected chi connectivity index (χ2v) is 4.64. The molecule has 1 N–H and O–H groups in total. The number of benzene rings is 1. The van der Waals surface area contributed by atoms with Gasteiger partial charge in [0.05, 0.1) is 15.7 Å². The highest BCUT2D eigenvalue weighted by Crippen LogP contribution is 2.19. The number of nitrogens with one attached hydrogen (secondary N) is 1. The van der Waals surface area contributed by atoms with E-state index in [2.05, 4.69) is 40.7 Å². The van der Waals surface area contributed by atoms with Gasteiger partial charge in [-0.3, -0.25) is 4.79 Å². The van der Waals surface area contributed by atoms with Crippen LogP contribution in [0.4, 0.5) is 0 Å². The summed E-state index contributed by atoms with van der Waals surface area (Å²) < 4.78 is 1.21.